The number of aliphatic hydroxyl groups is 1. The molecule has 0 spiro atoms. The Balaban J connectivity index is 1.76. The molecule has 1 saturated heterocycles. The van der Waals surface area contributed by atoms with Crippen molar-refractivity contribution in [3.05, 3.63) is 35.4 Å². The third-order valence-electron chi connectivity index (χ3n) is 6.46. The average Bonchev–Trinajstić information content (AvgIpc) is 2.87. The van der Waals surface area contributed by atoms with Crippen molar-refractivity contribution in [2.24, 2.45) is 5.92 Å². The number of hydrogen-bond acceptors (Lipinski definition) is 2. The summed E-state index contributed by atoms with van der Waals surface area (Å²) in [6.07, 6.45) is 8.94. The van der Waals surface area contributed by atoms with Gasteiger partial charge in [0.2, 0.25) is 0 Å². The Morgan fingerprint density at radius 3 is 2.92 bits per heavy atom. The van der Waals surface area contributed by atoms with E-state index in [0.717, 1.165) is 32.2 Å². The Labute approximate surface area is 146 Å². The van der Waals surface area contributed by atoms with Gasteiger partial charge in [-0.3, -0.25) is 4.90 Å². The van der Waals surface area contributed by atoms with Crippen LogP contribution in [0.1, 0.15) is 69.0 Å². The molecule has 1 aliphatic carbocycles. The van der Waals surface area contributed by atoms with Crippen molar-refractivity contribution in [3.8, 4) is 11.8 Å². The lowest BCUT2D eigenvalue weighted by Crippen LogP contribution is -2.59. The van der Waals surface area contributed by atoms with E-state index in [1.807, 2.05) is 0 Å². The Kier molecular flexibility index (Phi) is 4.41. The molecule has 4 rings (SSSR count). The van der Waals surface area contributed by atoms with Gasteiger partial charge in [0.25, 0.3) is 0 Å². The summed E-state index contributed by atoms with van der Waals surface area (Å²) >= 11 is 0. The minimum atomic E-state index is -0.809. The van der Waals surface area contributed by atoms with Crippen LogP contribution < -0.4 is 0 Å². The van der Waals surface area contributed by atoms with E-state index < -0.39 is 5.60 Å². The van der Waals surface area contributed by atoms with E-state index >= 15 is 0 Å². The molecule has 0 radical (unpaired) electrons. The smallest absolute Gasteiger partial charge is 0.131 e. The van der Waals surface area contributed by atoms with Gasteiger partial charge in [-0.15, -0.1) is 5.92 Å². The Morgan fingerprint density at radius 2 is 2.04 bits per heavy atom. The molecule has 2 fully saturated rings. The third-order valence-corrected chi connectivity index (χ3v) is 6.46. The van der Waals surface area contributed by atoms with Crippen molar-refractivity contribution in [1.29, 1.82) is 0 Å². The first-order valence-corrected chi connectivity index (χ1v) is 9.79. The quantitative estimate of drug-likeness (QED) is 0.727. The number of rotatable bonds is 0. The maximum absolute atomic E-state index is 11.6. The SMILES string of the molecule is CCC#CC1(O)CC2c3ccccc3CCN2C2CCCCCC21. The lowest BCUT2D eigenvalue weighted by atomic mass is 9.68. The van der Waals surface area contributed by atoms with Crippen molar-refractivity contribution in [2.45, 2.75) is 76.0 Å². The zero-order valence-electron chi connectivity index (χ0n) is 14.8. The van der Waals surface area contributed by atoms with E-state index in [-0.39, 0.29) is 0 Å². The monoisotopic (exact) mass is 323 g/mol. The van der Waals surface area contributed by atoms with Crippen LogP contribution in [-0.2, 0) is 6.42 Å². The summed E-state index contributed by atoms with van der Waals surface area (Å²) in [4.78, 5) is 2.72. The molecule has 0 bridgehead atoms. The Bertz CT molecular complexity index is 657. The highest BCUT2D eigenvalue weighted by Crippen LogP contribution is 2.49. The van der Waals surface area contributed by atoms with Gasteiger partial charge in [0.1, 0.15) is 5.60 Å². The Morgan fingerprint density at radius 1 is 1.21 bits per heavy atom. The van der Waals surface area contributed by atoms with Crippen molar-refractivity contribution >= 4 is 0 Å². The summed E-state index contributed by atoms with van der Waals surface area (Å²) in [5.74, 6) is 6.85. The molecule has 2 heteroatoms. The molecule has 128 valence electrons. The predicted molar refractivity (Wildman–Crippen MR) is 97.6 cm³/mol. The van der Waals surface area contributed by atoms with E-state index in [2.05, 4.69) is 47.9 Å². The maximum Gasteiger partial charge on any atom is 0.131 e. The molecule has 2 nitrogen and oxygen atoms in total. The van der Waals surface area contributed by atoms with Gasteiger partial charge in [-0.25, -0.2) is 0 Å². The summed E-state index contributed by atoms with van der Waals surface area (Å²) < 4.78 is 0. The van der Waals surface area contributed by atoms with Crippen molar-refractivity contribution in [2.75, 3.05) is 6.54 Å². The second-order valence-corrected chi connectivity index (χ2v) is 7.80. The molecule has 1 saturated carbocycles. The lowest BCUT2D eigenvalue weighted by molar-refractivity contribution is -0.0966. The topological polar surface area (TPSA) is 23.5 Å². The molecule has 3 aliphatic rings. The first kappa shape index (κ1) is 16.2. The molecule has 2 heterocycles. The lowest BCUT2D eigenvalue weighted by Gasteiger charge is -2.54. The van der Waals surface area contributed by atoms with Crippen LogP contribution in [0.4, 0.5) is 0 Å². The molecular formula is C22H29NO. The van der Waals surface area contributed by atoms with Crippen LogP contribution in [0.3, 0.4) is 0 Å². The number of fused-ring (bicyclic) bond motifs is 5. The van der Waals surface area contributed by atoms with E-state index in [4.69, 9.17) is 0 Å². The van der Waals surface area contributed by atoms with Crippen LogP contribution in [-0.4, -0.2) is 28.2 Å². The van der Waals surface area contributed by atoms with Crippen LogP contribution in [0.5, 0.6) is 0 Å². The van der Waals surface area contributed by atoms with Gasteiger partial charge in [-0.1, -0.05) is 56.4 Å². The number of nitrogens with zero attached hydrogens (tertiary/aromatic N) is 1. The van der Waals surface area contributed by atoms with Gasteiger partial charge in [0, 0.05) is 37.4 Å². The standard InChI is InChI=1S/C22H29NO/c1-2-3-14-22(24)16-21-18-10-8-7-9-17(18)13-15-23(21)20-12-6-4-5-11-19(20)22/h7-10,19-21,24H,2,4-6,11-13,15-16H2,1H3. The summed E-state index contributed by atoms with van der Waals surface area (Å²) in [6.45, 7) is 3.21. The van der Waals surface area contributed by atoms with Gasteiger partial charge < -0.3 is 5.11 Å². The number of hydrogen-bond donors (Lipinski definition) is 1. The van der Waals surface area contributed by atoms with Gasteiger partial charge in [0.15, 0.2) is 0 Å². The van der Waals surface area contributed by atoms with E-state index in [1.165, 1.54) is 36.8 Å². The first-order valence-electron chi connectivity index (χ1n) is 9.79. The average molecular weight is 323 g/mol. The molecular weight excluding hydrogens is 294 g/mol. The molecule has 1 N–H and O–H groups in total. The molecule has 4 atom stereocenters. The minimum absolute atomic E-state index is 0.320. The molecule has 2 aliphatic heterocycles. The number of piperidine rings is 1. The third kappa shape index (κ3) is 2.68. The van der Waals surface area contributed by atoms with Crippen molar-refractivity contribution in [3.63, 3.8) is 0 Å². The van der Waals surface area contributed by atoms with Gasteiger partial charge in [0.05, 0.1) is 0 Å². The zero-order chi connectivity index (χ0) is 16.6. The second-order valence-electron chi connectivity index (χ2n) is 7.80. The van der Waals surface area contributed by atoms with E-state index in [0.29, 0.717) is 18.0 Å². The summed E-state index contributed by atoms with van der Waals surface area (Å²) in [6, 6.07) is 9.67. The van der Waals surface area contributed by atoms with Crippen LogP contribution in [0.25, 0.3) is 0 Å². The highest BCUT2D eigenvalue weighted by Gasteiger charge is 2.51. The predicted octanol–water partition coefficient (Wildman–Crippen LogP) is 4.08. The molecule has 4 unspecified atom stereocenters. The van der Waals surface area contributed by atoms with Gasteiger partial charge >= 0.3 is 0 Å². The summed E-state index contributed by atoms with van der Waals surface area (Å²) in [5, 5.41) is 11.6. The minimum Gasteiger partial charge on any atom is -0.377 e. The molecule has 1 aromatic rings. The first-order chi connectivity index (χ1) is 11.7. The fraction of sp³-hybridized carbons (Fsp3) is 0.636. The maximum atomic E-state index is 11.6. The highest BCUT2D eigenvalue weighted by atomic mass is 16.3. The van der Waals surface area contributed by atoms with Crippen LogP contribution in [0, 0.1) is 17.8 Å². The van der Waals surface area contributed by atoms with Gasteiger partial charge in [-0.2, -0.15) is 0 Å². The van der Waals surface area contributed by atoms with Crippen LogP contribution >= 0.6 is 0 Å². The van der Waals surface area contributed by atoms with E-state index in [1.54, 1.807) is 0 Å². The van der Waals surface area contributed by atoms with Crippen molar-refractivity contribution < 1.29 is 5.11 Å². The van der Waals surface area contributed by atoms with Gasteiger partial charge in [-0.05, 0) is 30.4 Å². The molecule has 0 aromatic heterocycles. The van der Waals surface area contributed by atoms with E-state index in [9.17, 15) is 5.11 Å². The highest BCUT2D eigenvalue weighted by molar-refractivity contribution is 5.35. The van der Waals surface area contributed by atoms with Crippen molar-refractivity contribution in [1.82, 2.24) is 4.90 Å². The second kappa shape index (κ2) is 6.54. The largest absolute Gasteiger partial charge is 0.377 e. The zero-order valence-corrected chi connectivity index (χ0v) is 14.8. The summed E-state index contributed by atoms with van der Waals surface area (Å²) in [5.41, 5.74) is 2.09. The normalized spacial score (nSPS) is 35.7. The molecule has 1 aromatic carbocycles. The molecule has 0 amide bonds. The summed E-state index contributed by atoms with van der Waals surface area (Å²) in [7, 11) is 0. The van der Waals surface area contributed by atoms with Crippen LogP contribution in [0.15, 0.2) is 24.3 Å². The number of benzene rings is 1. The van der Waals surface area contributed by atoms with Crippen LogP contribution in [0.2, 0.25) is 0 Å². The Hall–Kier alpha value is -1.30. The molecule has 24 heavy (non-hydrogen) atoms. The fourth-order valence-electron chi connectivity index (χ4n) is 5.37. The fourth-order valence-corrected chi connectivity index (χ4v) is 5.37.